The maximum absolute atomic E-state index is 5.35. The third-order valence-corrected chi connectivity index (χ3v) is 3.80. The van der Waals surface area contributed by atoms with Crippen molar-refractivity contribution in [1.82, 2.24) is 5.32 Å². The lowest BCUT2D eigenvalue weighted by molar-refractivity contribution is 0.326. The van der Waals surface area contributed by atoms with Crippen molar-refractivity contribution in [3.05, 3.63) is 29.8 Å². The van der Waals surface area contributed by atoms with E-state index in [9.17, 15) is 0 Å². The summed E-state index contributed by atoms with van der Waals surface area (Å²) < 4.78 is 5.35. The second-order valence-corrected chi connectivity index (χ2v) is 5.12. The number of hydrogen-bond donors (Lipinski definition) is 1. The van der Waals surface area contributed by atoms with Crippen molar-refractivity contribution in [2.45, 2.75) is 52.5 Å². The molecular weight excluding hydrogens is 234 g/mol. The van der Waals surface area contributed by atoms with Crippen molar-refractivity contribution >= 4 is 0 Å². The van der Waals surface area contributed by atoms with Crippen LogP contribution in [-0.4, -0.2) is 13.7 Å². The Labute approximate surface area is 118 Å². The van der Waals surface area contributed by atoms with Gasteiger partial charge >= 0.3 is 0 Å². The lowest BCUT2D eigenvalue weighted by Gasteiger charge is -2.28. The van der Waals surface area contributed by atoms with E-state index in [4.69, 9.17) is 4.74 Å². The highest BCUT2D eigenvalue weighted by molar-refractivity contribution is 5.31. The van der Waals surface area contributed by atoms with Gasteiger partial charge in [-0.15, -0.1) is 0 Å². The van der Waals surface area contributed by atoms with Gasteiger partial charge in [-0.3, -0.25) is 0 Å². The largest absolute Gasteiger partial charge is 0.497 e. The fourth-order valence-corrected chi connectivity index (χ4v) is 2.68. The normalized spacial score (nSPS) is 14.1. The maximum atomic E-state index is 5.35. The zero-order valence-electron chi connectivity index (χ0n) is 12.9. The summed E-state index contributed by atoms with van der Waals surface area (Å²) >= 11 is 0. The first-order chi connectivity index (χ1) is 9.26. The zero-order valence-corrected chi connectivity index (χ0v) is 12.9. The van der Waals surface area contributed by atoms with E-state index in [0.717, 1.165) is 12.3 Å². The number of methoxy groups -OCH3 is 1. The van der Waals surface area contributed by atoms with E-state index in [1.807, 2.05) is 6.07 Å². The van der Waals surface area contributed by atoms with Gasteiger partial charge in [-0.2, -0.15) is 0 Å². The number of ether oxygens (including phenoxy) is 1. The molecule has 0 amide bonds. The standard InChI is InChI=1S/C17H29NO/c1-5-8-10-14(6-2)17(18-7-3)15-11-9-12-16(13-15)19-4/h9,11-14,17-18H,5-8,10H2,1-4H3. The van der Waals surface area contributed by atoms with Crippen LogP contribution in [0.5, 0.6) is 5.75 Å². The highest BCUT2D eigenvalue weighted by Gasteiger charge is 2.20. The molecule has 0 bridgehead atoms. The fourth-order valence-electron chi connectivity index (χ4n) is 2.68. The van der Waals surface area contributed by atoms with Gasteiger partial charge in [0.15, 0.2) is 0 Å². The minimum absolute atomic E-state index is 0.441. The van der Waals surface area contributed by atoms with Crippen LogP contribution in [0, 0.1) is 5.92 Å². The average molecular weight is 263 g/mol. The highest BCUT2D eigenvalue weighted by Crippen LogP contribution is 2.30. The van der Waals surface area contributed by atoms with Gasteiger partial charge in [0.2, 0.25) is 0 Å². The van der Waals surface area contributed by atoms with Gasteiger partial charge < -0.3 is 10.1 Å². The molecule has 0 radical (unpaired) electrons. The molecule has 2 nitrogen and oxygen atoms in total. The van der Waals surface area contributed by atoms with Crippen LogP contribution in [0.4, 0.5) is 0 Å². The molecule has 0 aromatic heterocycles. The summed E-state index contributed by atoms with van der Waals surface area (Å²) in [6.45, 7) is 7.75. The molecule has 0 aliphatic heterocycles. The van der Waals surface area contributed by atoms with Crippen LogP contribution in [0.1, 0.15) is 58.1 Å². The Bertz CT molecular complexity index is 351. The number of unbranched alkanes of at least 4 members (excludes halogenated alkanes) is 1. The van der Waals surface area contributed by atoms with Gasteiger partial charge in [0.1, 0.15) is 5.75 Å². The molecular formula is C17H29NO. The Kier molecular flexibility index (Phi) is 7.57. The first-order valence-corrected chi connectivity index (χ1v) is 7.64. The Morgan fingerprint density at radius 2 is 2.00 bits per heavy atom. The third kappa shape index (κ3) is 4.87. The van der Waals surface area contributed by atoms with Crippen LogP contribution < -0.4 is 10.1 Å². The van der Waals surface area contributed by atoms with Gasteiger partial charge in [-0.25, -0.2) is 0 Å². The van der Waals surface area contributed by atoms with Crippen LogP contribution in [-0.2, 0) is 0 Å². The maximum Gasteiger partial charge on any atom is 0.119 e. The minimum Gasteiger partial charge on any atom is -0.497 e. The molecule has 108 valence electrons. The number of rotatable bonds is 9. The number of benzene rings is 1. The van der Waals surface area contributed by atoms with E-state index in [0.29, 0.717) is 12.0 Å². The molecule has 0 saturated carbocycles. The molecule has 1 N–H and O–H groups in total. The summed E-state index contributed by atoms with van der Waals surface area (Å²) in [5, 5.41) is 3.65. The third-order valence-electron chi connectivity index (χ3n) is 3.80. The molecule has 0 aliphatic carbocycles. The smallest absolute Gasteiger partial charge is 0.119 e. The van der Waals surface area contributed by atoms with Gasteiger partial charge in [0.25, 0.3) is 0 Å². The summed E-state index contributed by atoms with van der Waals surface area (Å²) in [6.07, 6.45) is 5.09. The topological polar surface area (TPSA) is 21.3 Å². The number of hydrogen-bond acceptors (Lipinski definition) is 2. The predicted octanol–water partition coefficient (Wildman–Crippen LogP) is 4.56. The van der Waals surface area contributed by atoms with E-state index < -0.39 is 0 Å². The van der Waals surface area contributed by atoms with E-state index in [1.165, 1.54) is 31.2 Å². The summed E-state index contributed by atoms with van der Waals surface area (Å²) in [4.78, 5) is 0. The van der Waals surface area contributed by atoms with Crippen LogP contribution >= 0.6 is 0 Å². The second-order valence-electron chi connectivity index (χ2n) is 5.12. The van der Waals surface area contributed by atoms with E-state index >= 15 is 0 Å². The fraction of sp³-hybridized carbons (Fsp3) is 0.647. The molecule has 2 unspecified atom stereocenters. The van der Waals surface area contributed by atoms with E-state index in [-0.39, 0.29) is 0 Å². The van der Waals surface area contributed by atoms with Crippen molar-refractivity contribution in [2.24, 2.45) is 5.92 Å². The van der Waals surface area contributed by atoms with E-state index in [1.54, 1.807) is 7.11 Å². The van der Waals surface area contributed by atoms with Gasteiger partial charge in [0, 0.05) is 6.04 Å². The lowest BCUT2D eigenvalue weighted by atomic mass is 9.87. The molecule has 1 rings (SSSR count). The lowest BCUT2D eigenvalue weighted by Crippen LogP contribution is -2.28. The number of nitrogens with one attached hydrogen (secondary N) is 1. The molecule has 0 aliphatic rings. The Hall–Kier alpha value is -1.02. The summed E-state index contributed by atoms with van der Waals surface area (Å²) in [7, 11) is 1.73. The summed E-state index contributed by atoms with van der Waals surface area (Å²) in [6, 6.07) is 8.92. The van der Waals surface area contributed by atoms with Crippen LogP contribution in [0.25, 0.3) is 0 Å². The molecule has 2 heteroatoms. The molecule has 1 aromatic carbocycles. The molecule has 0 heterocycles. The van der Waals surface area contributed by atoms with Crippen LogP contribution in [0.3, 0.4) is 0 Å². The second kappa shape index (κ2) is 8.98. The van der Waals surface area contributed by atoms with Gasteiger partial charge in [0.05, 0.1) is 7.11 Å². The first-order valence-electron chi connectivity index (χ1n) is 7.64. The minimum atomic E-state index is 0.441. The van der Waals surface area contributed by atoms with Crippen molar-refractivity contribution in [3.63, 3.8) is 0 Å². The zero-order chi connectivity index (χ0) is 14.1. The van der Waals surface area contributed by atoms with Crippen molar-refractivity contribution in [3.8, 4) is 5.75 Å². The van der Waals surface area contributed by atoms with Crippen molar-refractivity contribution < 1.29 is 4.74 Å². The molecule has 0 saturated heterocycles. The molecule has 0 fully saturated rings. The van der Waals surface area contributed by atoms with Crippen molar-refractivity contribution in [2.75, 3.05) is 13.7 Å². The van der Waals surface area contributed by atoms with Gasteiger partial charge in [-0.1, -0.05) is 52.2 Å². The Morgan fingerprint density at radius 3 is 2.58 bits per heavy atom. The van der Waals surface area contributed by atoms with Gasteiger partial charge in [-0.05, 0) is 36.6 Å². The summed E-state index contributed by atoms with van der Waals surface area (Å²) in [5.74, 6) is 1.65. The monoisotopic (exact) mass is 263 g/mol. The Morgan fingerprint density at radius 1 is 1.21 bits per heavy atom. The molecule has 19 heavy (non-hydrogen) atoms. The van der Waals surface area contributed by atoms with Crippen LogP contribution in [0.15, 0.2) is 24.3 Å². The molecule has 2 atom stereocenters. The van der Waals surface area contributed by atoms with Crippen molar-refractivity contribution in [1.29, 1.82) is 0 Å². The quantitative estimate of drug-likeness (QED) is 0.705. The predicted molar refractivity (Wildman–Crippen MR) is 82.7 cm³/mol. The highest BCUT2D eigenvalue weighted by atomic mass is 16.5. The average Bonchev–Trinajstić information content (AvgIpc) is 2.46. The molecule has 0 spiro atoms. The van der Waals surface area contributed by atoms with E-state index in [2.05, 4.69) is 44.3 Å². The molecule has 1 aromatic rings. The first kappa shape index (κ1) is 16.0. The Balaban J connectivity index is 2.89. The summed E-state index contributed by atoms with van der Waals surface area (Å²) in [5.41, 5.74) is 1.35. The van der Waals surface area contributed by atoms with Crippen LogP contribution in [0.2, 0.25) is 0 Å². The SMILES string of the molecule is CCCCC(CC)C(NCC)c1cccc(OC)c1.